The van der Waals surface area contributed by atoms with E-state index >= 15 is 0 Å². The van der Waals surface area contributed by atoms with Crippen LogP contribution in [0.15, 0.2) is 60.7 Å². The highest BCUT2D eigenvalue weighted by molar-refractivity contribution is 5.32. The minimum absolute atomic E-state index is 0.364. The Kier molecular flexibility index (Phi) is 4.03. The SMILES string of the molecule is CC(C)(c1ccccc1)C(c1ccccc1)C(O)O. The Morgan fingerprint density at radius 1 is 0.789 bits per heavy atom. The average Bonchev–Trinajstić information content (AvgIpc) is 2.40. The molecule has 0 aliphatic heterocycles. The van der Waals surface area contributed by atoms with Gasteiger partial charge >= 0.3 is 0 Å². The summed E-state index contributed by atoms with van der Waals surface area (Å²) in [4.78, 5) is 0. The lowest BCUT2D eigenvalue weighted by molar-refractivity contribution is -0.0755. The number of aliphatic hydroxyl groups excluding tert-OH is 1. The van der Waals surface area contributed by atoms with Gasteiger partial charge in [-0.25, -0.2) is 0 Å². The van der Waals surface area contributed by atoms with Crippen LogP contribution in [0.5, 0.6) is 0 Å². The van der Waals surface area contributed by atoms with Crippen LogP contribution >= 0.6 is 0 Å². The average molecular weight is 256 g/mol. The predicted molar refractivity (Wildman–Crippen MR) is 76.9 cm³/mol. The van der Waals surface area contributed by atoms with Crippen LogP contribution in [-0.2, 0) is 5.41 Å². The van der Waals surface area contributed by atoms with Gasteiger partial charge in [0.15, 0.2) is 6.29 Å². The van der Waals surface area contributed by atoms with Gasteiger partial charge < -0.3 is 10.2 Å². The summed E-state index contributed by atoms with van der Waals surface area (Å²) >= 11 is 0. The van der Waals surface area contributed by atoms with Crippen molar-refractivity contribution in [2.45, 2.75) is 31.5 Å². The van der Waals surface area contributed by atoms with Gasteiger partial charge in [0.05, 0.1) is 0 Å². The Morgan fingerprint density at radius 2 is 1.26 bits per heavy atom. The van der Waals surface area contributed by atoms with Crippen molar-refractivity contribution in [2.24, 2.45) is 0 Å². The fourth-order valence-electron chi connectivity index (χ4n) is 2.67. The molecule has 2 N–H and O–H groups in total. The van der Waals surface area contributed by atoms with Crippen molar-refractivity contribution in [3.05, 3.63) is 71.8 Å². The molecule has 1 atom stereocenters. The molecule has 0 aliphatic rings. The number of benzene rings is 2. The summed E-state index contributed by atoms with van der Waals surface area (Å²) in [7, 11) is 0. The number of rotatable bonds is 4. The molecule has 0 aromatic heterocycles. The number of aliphatic hydroxyl groups is 2. The minimum atomic E-state index is -1.39. The van der Waals surface area contributed by atoms with Crippen molar-refractivity contribution in [3.8, 4) is 0 Å². The van der Waals surface area contributed by atoms with E-state index < -0.39 is 6.29 Å². The van der Waals surface area contributed by atoms with E-state index in [0.29, 0.717) is 0 Å². The van der Waals surface area contributed by atoms with E-state index in [4.69, 9.17) is 0 Å². The minimum Gasteiger partial charge on any atom is -0.368 e. The zero-order valence-corrected chi connectivity index (χ0v) is 11.3. The second kappa shape index (κ2) is 5.55. The molecule has 19 heavy (non-hydrogen) atoms. The largest absolute Gasteiger partial charge is 0.368 e. The van der Waals surface area contributed by atoms with Crippen molar-refractivity contribution >= 4 is 0 Å². The number of hydrogen-bond donors (Lipinski definition) is 2. The third-order valence-electron chi connectivity index (χ3n) is 3.75. The van der Waals surface area contributed by atoms with E-state index in [1.165, 1.54) is 0 Å². The molecule has 0 amide bonds. The maximum atomic E-state index is 9.82. The molecule has 0 spiro atoms. The van der Waals surface area contributed by atoms with Crippen molar-refractivity contribution in [2.75, 3.05) is 0 Å². The zero-order valence-electron chi connectivity index (χ0n) is 11.3. The molecule has 0 radical (unpaired) electrons. The number of hydrogen-bond acceptors (Lipinski definition) is 2. The third-order valence-corrected chi connectivity index (χ3v) is 3.75. The Labute approximate surface area is 114 Å². The van der Waals surface area contributed by atoms with E-state index in [-0.39, 0.29) is 11.3 Å². The predicted octanol–water partition coefficient (Wildman–Crippen LogP) is 3.06. The molecule has 2 nitrogen and oxygen atoms in total. The van der Waals surface area contributed by atoms with Crippen LogP contribution in [-0.4, -0.2) is 16.5 Å². The molecule has 2 aromatic rings. The van der Waals surface area contributed by atoms with E-state index in [1.807, 2.05) is 74.5 Å². The lowest BCUT2D eigenvalue weighted by Crippen LogP contribution is -2.35. The van der Waals surface area contributed by atoms with Crippen LogP contribution in [0.1, 0.15) is 30.9 Å². The van der Waals surface area contributed by atoms with Crippen molar-refractivity contribution in [1.82, 2.24) is 0 Å². The van der Waals surface area contributed by atoms with Gasteiger partial charge in [0.1, 0.15) is 0 Å². The van der Waals surface area contributed by atoms with Crippen LogP contribution < -0.4 is 0 Å². The summed E-state index contributed by atoms with van der Waals surface area (Å²) in [5.41, 5.74) is 1.67. The molecule has 0 fully saturated rings. The lowest BCUT2D eigenvalue weighted by atomic mass is 9.70. The summed E-state index contributed by atoms with van der Waals surface area (Å²) in [6.07, 6.45) is -1.39. The summed E-state index contributed by atoms with van der Waals surface area (Å²) < 4.78 is 0. The Morgan fingerprint density at radius 3 is 1.74 bits per heavy atom. The topological polar surface area (TPSA) is 40.5 Å². The van der Waals surface area contributed by atoms with Crippen LogP contribution in [0.3, 0.4) is 0 Å². The third kappa shape index (κ3) is 2.86. The normalized spacial score (nSPS) is 13.5. The van der Waals surface area contributed by atoms with E-state index in [0.717, 1.165) is 11.1 Å². The van der Waals surface area contributed by atoms with Crippen LogP contribution in [0, 0.1) is 0 Å². The van der Waals surface area contributed by atoms with Gasteiger partial charge in [-0.1, -0.05) is 74.5 Å². The summed E-state index contributed by atoms with van der Waals surface area (Å²) in [5.74, 6) is -0.365. The smallest absolute Gasteiger partial charge is 0.159 e. The van der Waals surface area contributed by atoms with Gasteiger partial charge in [-0.15, -0.1) is 0 Å². The van der Waals surface area contributed by atoms with Crippen molar-refractivity contribution in [3.63, 3.8) is 0 Å². The van der Waals surface area contributed by atoms with Crippen molar-refractivity contribution < 1.29 is 10.2 Å². The van der Waals surface area contributed by atoms with Crippen LogP contribution in [0.4, 0.5) is 0 Å². The first kappa shape index (κ1) is 13.8. The fraction of sp³-hybridized carbons (Fsp3) is 0.294. The standard InChI is InChI=1S/C17H20O2/c1-17(2,14-11-7-4-8-12-14)15(16(18)19)13-9-5-3-6-10-13/h3-12,15-16,18-19H,1-2H3. The molecule has 2 heteroatoms. The maximum absolute atomic E-state index is 9.82. The maximum Gasteiger partial charge on any atom is 0.159 e. The van der Waals surface area contributed by atoms with Gasteiger partial charge in [0.2, 0.25) is 0 Å². The van der Waals surface area contributed by atoms with Gasteiger partial charge in [-0.2, -0.15) is 0 Å². The zero-order chi connectivity index (χ0) is 13.9. The molecule has 2 aromatic carbocycles. The molecule has 0 heterocycles. The molecule has 2 rings (SSSR count). The summed E-state index contributed by atoms with van der Waals surface area (Å²) in [5, 5.41) is 19.6. The molecular formula is C17H20O2. The molecule has 100 valence electrons. The first-order valence-electron chi connectivity index (χ1n) is 6.50. The van der Waals surface area contributed by atoms with Crippen LogP contribution in [0.2, 0.25) is 0 Å². The van der Waals surface area contributed by atoms with Gasteiger partial charge in [0, 0.05) is 11.3 Å². The quantitative estimate of drug-likeness (QED) is 0.825. The molecule has 0 saturated carbocycles. The highest BCUT2D eigenvalue weighted by Crippen LogP contribution is 2.40. The van der Waals surface area contributed by atoms with E-state index in [9.17, 15) is 10.2 Å². The second-order valence-corrected chi connectivity index (χ2v) is 5.39. The fourth-order valence-corrected chi connectivity index (χ4v) is 2.67. The van der Waals surface area contributed by atoms with Gasteiger partial charge in [-0.3, -0.25) is 0 Å². The van der Waals surface area contributed by atoms with E-state index in [1.54, 1.807) is 0 Å². The Bertz CT molecular complexity index is 503. The highest BCUT2D eigenvalue weighted by Gasteiger charge is 2.36. The van der Waals surface area contributed by atoms with E-state index in [2.05, 4.69) is 0 Å². The summed E-state index contributed by atoms with van der Waals surface area (Å²) in [6.45, 7) is 4.08. The lowest BCUT2D eigenvalue weighted by Gasteiger charge is -2.36. The van der Waals surface area contributed by atoms with Crippen molar-refractivity contribution in [1.29, 1.82) is 0 Å². The second-order valence-electron chi connectivity index (χ2n) is 5.39. The van der Waals surface area contributed by atoms with Gasteiger partial charge in [0.25, 0.3) is 0 Å². The molecule has 1 unspecified atom stereocenters. The first-order chi connectivity index (χ1) is 9.03. The van der Waals surface area contributed by atoms with Crippen LogP contribution in [0.25, 0.3) is 0 Å². The molecular weight excluding hydrogens is 236 g/mol. The Balaban J connectivity index is 2.45. The summed E-state index contributed by atoms with van der Waals surface area (Å²) in [6, 6.07) is 19.6. The molecule has 0 aliphatic carbocycles. The Hall–Kier alpha value is -1.64. The monoisotopic (exact) mass is 256 g/mol. The molecule has 0 saturated heterocycles. The van der Waals surface area contributed by atoms with Gasteiger partial charge in [-0.05, 0) is 11.1 Å². The first-order valence-corrected chi connectivity index (χ1v) is 6.50. The highest BCUT2D eigenvalue weighted by atomic mass is 16.5. The molecule has 0 bridgehead atoms.